The first-order valence-electron chi connectivity index (χ1n) is 8.61. The van der Waals surface area contributed by atoms with Gasteiger partial charge in [0.05, 0.1) is 19.3 Å². The number of ether oxygens (including phenoxy) is 4. The maximum Gasteiger partial charge on any atom is 0.246 e. The molecule has 0 aliphatic carbocycles. The lowest BCUT2D eigenvalue weighted by Crippen LogP contribution is -2.53. The Morgan fingerprint density at radius 2 is 2.04 bits per heavy atom. The Balaban J connectivity index is 1.56. The van der Waals surface area contributed by atoms with Crippen LogP contribution < -0.4 is 5.32 Å². The molecule has 2 aliphatic heterocycles. The lowest BCUT2D eigenvalue weighted by molar-refractivity contribution is -0.218. The van der Waals surface area contributed by atoms with E-state index in [9.17, 15) is 15.0 Å². The highest BCUT2D eigenvalue weighted by molar-refractivity contribution is 5.77. The Morgan fingerprint density at radius 3 is 2.73 bits per heavy atom. The summed E-state index contributed by atoms with van der Waals surface area (Å²) in [6.45, 7) is 3.16. The Bertz CT molecular complexity index is 609. The number of hydrogen-bond donors (Lipinski definition) is 3. The van der Waals surface area contributed by atoms with Crippen LogP contribution in [-0.4, -0.2) is 65.8 Å². The summed E-state index contributed by atoms with van der Waals surface area (Å²) in [4.78, 5) is 12.3. The van der Waals surface area contributed by atoms with Gasteiger partial charge in [-0.2, -0.15) is 0 Å². The molecule has 26 heavy (non-hydrogen) atoms. The molecule has 1 aromatic rings. The fourth-order valence-corrected chi connectivity index (χ4v) is 3.19. The third-order valence-corrected chi connectivity index (χ3v) is 4.33. The Kier molecular flexibility index (Phi) is 5.91. The van der Waals surface area contributed by atoms with Crippen LogP contribution in [0.15, 0.2) is 30.3 Å². The number of fused-ring (bicyclic) bond motifs is 1. The summed E-state index contributed by atoms with van der Waals surface area (Å²) in [5.41, 5.74) is 0.965. The van der Waals surface area contributed by atoms with Crippen molar-refractivity contribution in [3.05, 3.63) is 35.9 Å². The molecule has 2 saturated heterocycles. The van der Waals surface area contributed by atoms with E-state index in [1.54, 1.807) is 13.8 Å². The SMILES string of the molecule is CC1(C)O[C@H]2O[C@H]([C@H](O)CO)[C@@H](NC(=O)COCc3ccccc3)[C@H]2O1. The second-order valence-corrected chi connectivity index (χ2v) is 6.89. The zero-order valence-corrected chi connectivity index (χ0v) is 14.8. The van der Waals surface area contributed by atoms with Gasteiger partial charge in [-0.3, -0.25) is 4.79 Å². The molecule has 2 heterocycles. The maximum absolute atomic E-state index is 12.3. The minimum atomic E-state index is -1.16. The lowest BCUT2D eigenvalue weighted by Gasteiger charge is -2.28. The van der Waals surface area contributed by atoms with Crippen molar-refractivity contribution in [2.24, 2.45) is 0 Å². The summed E-state index contributed by atoms with van der Waals surface area (Å²) in [7, 11) is 0. The van der Waals surface area contributed by atoms with Crippen LogP contribution >= 0.6 is 0 Å². The molecule has 0 spiro atoms. The van der Waals surface area contributed by atoms with Gasteiger partial charge in [0.25, 0.3) is 0 Å². The average molecular weight is 367 g/mol. The monoisotopic (exact) mass is 367 g/mol. The molecule has 3 N–H and O–H groups in total. The molecule has 2 fully saturated rings. The topological polar surface area (TPSA) is 106 Å². The van der Waals surface area contributed by atoms with E-state index in [4.69, 9.17) is 18.9 Å². The first-order chi connectivity index (χ1) is 12.4. The third kappa shape index (κ3) is 4.40. The summed E-state index contributed by atoms with van der Waals surface area (Å²) >= 11 is 0. The number of aliphatic hydroxyl groups is 2. The highest BCUT2D eigenvalue weighted by atomic mass is 16.8. The maximum atomic E-state index is 12.3. The van der Waals surface area contributed by atoms with E-state index < -0.39 is 43.0 Å². The van der Waals surface area contributed by atoms with Crippen molar-refractivity contribution in [2.75, 3.05) is 13.2 Å². The van der Waals surface area contributed by atoms with Crippen molar-refractivity contribution in [3.8, 4) is 0 Å². The fraction of sp³-hybridized carbons (Fsp3) is 0.611. The van der Waals surface area contributed by atoms with Crippen molar-refractivity contribution in [3.63, 3.8) is 0 Å². The number of amides is 1. The molecule has 0 radical (unpaired) electrons. The molecule has 3 rings (SSSR count). The third-order valence-electron chi connectivity index (χ3n) is 4.33. The summed E-state index contributed by atoms with van der Waals surface area (Å²) in [6.07, 6.45) is -3.28. The minimum Gasteiger partial charge on any atom is -0.394 e. The largest absolute Gasteiger partial charge is 0.394 e. The summed E-state index contributed by atoms with van der Waals surface area (Å²) in [5.74, 6) is -1.21. The predicted molar refractivity (Wildman–Crippen MR) is 89.8 cm³/mol. The van der Waals surface area contributed by atoms with E-state index in [1.807, 2.05) is 30.3 Å². The Hall–Kier alpha value is -1.55. The van der Waals surface area contributed by atoms with E-state index in [1.165, 1.54) is 0 Å². The summed E-state index contributed by atoms with van der Waals surface area (Å²) in [5, 5.41) is 22.0. The predicted octanol–water partition coefficient (Wildman–Crippen LogP) is -0.0824. The molecule has 1 aromatic carbocycles. The van der Waals surface area contributed by atoms with Crippen LogP contribution in [0.4, 0.5) is 0 Å². The Morgan fingerprint density at radius 1 is 1.31 bits per heavy atom. The number of aliphatic hydroxyl groups excluding tert-OH is 2. The van der Waals surface area contributed by atoms with E-state index in [0.717, 1.165) is 5.56 Å². The number of rotatable bonds is 7. The molecular formula is C18H25NO7. The van der Waals surface area contributed by atoms with Crippen molar-refractivity contribution >= 4 is 5.91 Å². The molecule has 8 nitrogen and oxygen atoms in total. The van der Waals surface area contributed by atoms with Crippen molar-refractivity contribution in [1.29, 1.82) is 0 Å². The molecular weight excluding hydrogens is 342 g/mol. The zero-order chi connectivity index (χ0) is 18.7. The van der Waals surface area contributed by atoms with E-state index >= 15 is 0 Å². The normalized spacial score (nSPS) is 30.8. The van der Waals surface area contributed by atoms with Gasteiger partial charge in [-0.15, -0.1) is 0 Å². The van der Waals surface area contributed by atoms with E-state index in [-0.39, 0.29) is 12.5 Å². The van der Waals surface area contributed by atoms with Crippen LogP contribution in [0.3, 0.4) is 0 Å². The van der Waals surface area contributed by atoms with Crippen molar-refractivity contribution < 1.29 is 34.0 Å². The number of carbonyl (C=O) groups excluding carboxylic acids is 1. The number of hydrogen-bond acceptors (Lipinski definition) is 7. The van der Waals surface area contributed by atoms with Crippen LogP contribution in [-0.2, 0) is 30.3 Å². The number of benzene rings is 1. The quantitative estimate of drug-likeness (QED) is 0.619. The molecule has 8 heteroatoms. The molecule has 144 valence electrons. The van der Waals surface area contributed by atoms with Gasteiger partial charge >= 0.3 is 0 Å². The van der Waals surface area contributed by atoms with Gasteiger partial charge in [0.2, 0.25) is 5.91 Å². The van der Waals surface area contributed by atoms with Gasteiger partial charge in [-0.25, -0.2) is 0 Å². The Labute approximate surface area is 152 Å². The van der Waals surface area contributed by atoms with Crippen molar-refractivity contribution in [2.45, 2.75) is 56.9 Å². The molecule has 2 aliphatic rings. The first-order valence-corrected chi connectivity index (χ1v) is 8.61. The van der Waals surface area contributed by atoms with Gasteiger partial charge in [-0.05, 0) is 19.4 Å². The zero-order valence-electron chi connectivity index (χ0n) is 14.8. The van der Waals surface area contributed by atoms with Crippen LogP contribution in [0, 0.1) is 0 Å². The molecule has 1 amide bonds. The summed E-state index contributed by atoms with van der Waals surface area (Å²) < 4.78 is 22.5. The molecule has 0 aromatic heterocycles. The molecule has 0 unspecified atom stereocenters. The van der Waals surface area contributed by atoms with Crippen LogP contribution in [0.1, 0.15) is 19.4 Å². The second-order valence-electron chi connectivity index (χ2n) is 6.89. The van der Waals surface area contributed by atoms with E-state index in [0.29, 0.717) is 6.61 Å². The van der Waals surface area contributed by atoms with Crippen LogP contribution in [0.5, 0.6) is 0 Å². The highest BCUT2D eigenvalue weighted by Crippen LogP contribution is 2.38. The molecule has 0 saturated carbocycles. The van der Waals surface area contributed by atoms with E-state index in [2.05, 4.69) is 5.32 Å². The van der Waals surface area contributed by atoms with Gasteiger partial charge in [0.15, 0.2) is 12.1 Å². The standard InChI is InChI=1S/C18H25NO7/c1-18(2)25-16-14(15(12(21)8-20)24-17(16)26-18)19-13(22)10-23-9-11-6-4-3-5-7-11/h3-7,12,14-17,20-21H,8-10H2,1-2H3,(H,19,22)/t12-,14-,15-,16-,17-/m1/s1. The van der Waals surface area contributed by atoms with Crippen LogP contribution in [0.25, 0.3) is 0 Å². The number of nitrogens with one attached hydrogen (secondary N) is 1. The fourth-order valence-electron chi connectivity index (χ4n) is 3.19. The lowest BCUT2D eigenvalue weighted by atomic mass is 10.0. The van der Waals surface area contributed by atoms with Crippen molar-refractivity contribution in [1.82, 2.24) is 5.32 Å². The summed E-state index contributed by atoms with van der Waals surface area (Å²) in [6, 6.07) is 8.87. The molecule has 5 atom stereocenters. The first kappa shape index (κ1) is 19.2. The number of carbonyl (C=O) groups is 1. The average Bonchev–Trinajstić information content (AvgIpc) is 3.08. The van der Waals surface area contributed by atoms with Gasteiger partial charge in [-0.1, -0.05) is 30.3 Å². The highest BCUT2D eigenvalue weighted by Gasteiger charge is 2.56. The van der Waals surface area contributed by atoms with Crippen LogP contribution in [0.2, 0.25) is 0 Å². The smallest absolute Gasteiger partial charge is 0.246 e. The van der Waals surface area contributed by atoms with Gasteiger partial charge in [0.1, 0.15) is 24.9 Å². The van der Waals surface area contributed by atoms with Gasteiger partial charge < -0.3 is 34.5 Å². The molecule has 0 bridgehead atoms. The minimum absolute atomic E-state index is 0.144. The second kappa shape index (κ2) is 7.99. The van der Waals surface area contributed by atoms with Gasteiger partial charge in [0, 0.05) is 0 Å².